The van der Waals surface area contributed by atoms with E-state index in [2.05, 4.69) is 20.8 Å². The summed E-state index contributed by atoms with van der Waals surface area (Å²) in [5, 5.41) is 6.72. The van der Waals surface area contributed by atoms with Crippen LogP contribution in [0.2, 0.25) is 0 Å². The third-order valence-corrected chi connectivity index (χ3v) is 2.32. The van der Waals surface area contributed by atoms with Crippen LogP contribution in [0, 0.1) is 12.7 Å². The van der Waals surface area contributed by atoms with Crippen LogP contribution in [-0.2, 0) is 0 Å². The summed E-state index contributed by atoms with van der Waals surface area (Å²) < 4.78 is 63.7. The maximum atomic E-state index is 12.8. The Morgan fingerprint density at radius 1 is 1.12 bits per heavy atom. The molecule has 0 aliphatic heterocycles. The zero-order valence-corrected chi connectivity index (χ0v) is 14.1. The van der Waals surface area contributed by atoms with E-state index in [0.717, 1.165) is 17.0 Å². The van der Waals surface area contributed by atoms with E-state index in [1.54, 1.807) is 25.4 Å². The van der Waals surface area contributed by atoms with E-state index in [-0.39, 0.29) is 12.7 Å². The molecule has 146 valence electrons. The van der Waals surface area contributed by atoms with Gasteiger partial charge >= 0.3 is 12.8 Å². The molecule has 26 heavy (non-hydrogen) atoms. The zero-order chi connectivity index (χ0) is 20.3. The van der Waals surface area contributed by atoms with Crippen molar-refractivity contribution in [2.45, 2.75) is 26.6 Å². The number of nitrogens with one attached hydrogen (secondary N) is 2. The minimum atomic E-state index is -4.00. The van der Waals surface area contributed by atoms with Crippen molar-refractivity contribution in [1.29, 1.82) is 0 Å². The van der Waals surface area contributed by atoms with Crippen molar-refractivity contribution in [3.8, 4) is 11.3 Å². The Morgan fingerprint density at radius 2 is 1.58 bits per heavy atom. The van der Waals surface area contributed by atoms with E-state index < -0.39 is 12.8 Å². The molecule has 0 bridgehead atoms. The summed E-state index contributed by atoms with van der Waals surface area (Å²) in [4.78, 5) is 8.64. The van der Waals surface area contributed by atoms with Crippen molar-refractivity contribution in [3.05, 3.63) is 42.0 Å². The molecule has 0 saturated carbocycles. The topological polar surface area (TPSA) is 70.1 Å². The molecule has 1 heterocycles. The van der Waals surface area contributed by atoms with Crippen LogP contribution in [0.1, 0.15) is 12.6 Å². The normalized spacial score (nSPS) is 10.4. The van der Waals surface area contributed by atoms with Gasteiger partial charge in [-0.1, -0.05) is 0 Å². The summed E-state index contributed by atoms with van der Waals surface area (Å²) in [7, 11) is 1.75. The highest BCUT2D eigenvalue weighted by Gasteiger charge is 2.15. The molecule has 0 aliphatic rings. The number of aromatic nitrogens is 2. The molecule has 0 saturated heterocycles. The van der Waals surface area contributed by atoms with Gasteiger partial charge in [0.05, 0.1) is 17.6 Å². The lowest BCUT2D eigenvalue weighted by Gasteiger charge is -2.07. The fourth-order valence-electron chi connectivity index (χ4n) is 1.56. The quantitative estimate of drug-likeness (QED) is 0.553. The van der Waals surface area contributed by atoms with E-state index in [9.17, 15) is 26.3 Å². The van der Waals surface area contributed by atoms with Crippen LogP contribution < -0.4 is 10.9 Å². The molecule has 0 atom stereocenters. The van der Waals surface area contributed by atoms with Crippen LogP contribution in [0.3, 0.4) is 0 Å². The Labute approximate surface area is 146 Å². The van der Waals surface area contributed by atoms with Gasteiger partial charge in [-0.05, 0) is 31.2 Å². The Morgan fingerprint density at radius 3 is 1.96 bits per heavy atom. The van der Waals surface area contributed by atoms with E-state index in [1.165, 1.54) is 12.1 Å². The SMILES string of the molecule is CC(F)(F)F.CNNc1cnc(-c2ccc(F)cc2)c(C)n1.OC(F)F. The monoisotopic (exact) mass is 384 g/mol. The molecular weight excluding hydrogens is 366 g/mol. The van der Waals surface area contributed by atoms with Gasteiger partial charge in [-0.2, -0.15) is 22.0 Å². The van der Waals surface area contributed by atoms with Crippen LogP contribution in [0.4, 0.5) is 32.2 Å². The molecule has 2 rings (SSSR count). The summed E-state index contributed by atoms with van der Waals surface area (Å²) in [6.07, 6.45) is -2.37. The van der Waals surface area contributed by atoms with E-state index in [4.69, 9.17) is 5.11 Å². The summed E-state index contributed by atoms with van der Waals surface area (Å²) in [6, 6.07) is 6.21. The number of aryl methyl sites for hydroxylation is 1. The molecule has 0 amide bonds. The molecule has 0 spiro atoms. The van der Waals surface area contributed by atoms with Gasteiger partial charge in [0.2, 0.25) is 0 Å². The Kier molecular flexibility index (Phi) is 10.2. The molecule has 3 N–H and O–H groups in total. The molecule has 11 heteroatoms. The fraction of sp³-hybridized carbons (Fsp3) is 0.333. The van der Waals surface area contributed by atoms with E-state index in [1.807, 2.05) is 6.92 Å². The minimum Gasteiger partial charge on any atom is -0.339 e. The number of benzene rings is 1. The molecule has 2 aromatic rings. The molecule has 0 radical (unpaired) electrons. The predicted octanol–water partition coefficient (Wildman–Crippen LogP) is 3.91. The van der Waals surface area contributed by atoms with E-state index in [0.29, 0.717) is 5.82 Å². The molecule has 0 aliphatic carbocycles. The van der Waals surface area contributed by atoms with Crippen molar-refractivity contribution in [2.75, 3.05) is 12.5 Å². The Bertz CT molecular complexity index is 641. The van der Waals surface area contributed by atoms with Crippen LogP contribution in [0.5, 0.6) is 0 Å². The summed E-state index contributed by atoms with van der Waals surface area (Å²) >= 11 is 0. The number of aliphatic hydroxyl groups is 1. The third kappa shape index (κ3) is 12.0. The first-order valence-corrected chi connectivity index (χ1v) is 6.99. The number of anilines is 1. The number of hydrogen-bond donors (Lipinski definition) is 3. The van der Waals surface area contributed by atoms with Crippen molar-refractivity contribution in [3.63, 3.8) is 0 Å². The average molecular weight is 384 g/mol. The second-order valence-electron chi connectivity index (χ2n) is 4.63. The van der Waals surface area contributed by atoms with Crippen LogP contribution >= 0.6 is 0 Å². The summed E-state index contributed by atoms with van der Waals surface area (Å²) in [5.74, 6) is 0.392. The number of halogens is 6. The minimum absolute atomic E-state index is 0.188. The predicted molar refractivity (Wildman–Crippen MR) is 84.8 cm³/mol. The van der Waals surface area contributed by atoms with Crippen LogP contribution in [0.25, 0.3) is 11.3 Å². The highest BCUT2D eigenvalue weighted by molar-refractivity contribution is 5.62. The molecular formula is C15H18F6N4O. The Hall–Kier alpha value is -2.40. The third-order valence-electron chi connectivity index (χ3n) is 2.32. The van der Waals surface area contributed by atoms with Crippen molar-refractivity contribution >= 4 is 5.82 Å². The zero-order valence-electron chi connectivity index (χ0n) is 14.1. The number of nitrogens with zero attached hydrogens (tertiary/aromatic N) is 2. The van der Waals surface area contributed by atoms with Crippen LogP contribution in [-0.4, -0.2) is 34.9 Å². The van der Waals surface area contributed by atoms with Gasteiger partial charge in [-0.3, -0.25) is 4.98 Å². The van der Waals surface area contributed by atoms with Gasteiger partial charge in [0.15, 0.2) is 5.82 Å². The number of hydrazine groups is 1. The number of rotatable bonds is 3. The maximum absolute atomic E-state index is 12.8. The second kappa shape index (κ2) is 11.3. The lowest BCUT2D eigenvalue weighted by Crippen LogP contribution is -2.16. The lowest BCUT2D eigenvalue weighted by atomic mass is 10.1. The summed E-state index contributed by atoms with van der Waals surface area (Å²) in [5.41, 5.74) is 8.03. The maximum Gasteiger partial charge on any atom is 0.386 e. The molecule has 1 aromatic heterocycles. The largest absolute Gasteiger partial charge is 0.386 e. The second-order valence-corrected chi connectivity index (χ2v) is 4.63. The lowest BCUT2D eigenvalue weighted by molar-refractivity contribution is -0.110. The average Bonchev–Trinajstić information content (AvgIpc) is 2.47. The molecule has 0 fully saturated rings. The fourth-order valence-corrected chi connectivity index (χ4v) is 1.56. The van der Waals surface area contributed by atoms with Gasteiger partial charge in [-0.25, -0.2) is 14.8 Å². The van der Waals surface area contributed by atoms with Crippen LogP contribution in [0.15, 0.2) is 30.5 Å². The highest BCUT2D eigenvalue weighted by Crippen LogP contribution is 2.20. The highest BCUT2D eigenvalue weighted by atomic mass is 19.4. The smallest absolute Gasteiger partial charge is 0.339 e. The number of hydrogen-bond acceptors (Lipinski definition) is 5. The molecule has 0 unspecified atom stereocenters. The molecule has 1 aromatic carbocycles. The van der Waals surface area contributed by atoms with Crippen molar-refractivity contribution in [1.82, 2.24) is 15.4 Å². The first kappa shape index (κ1) is 23.6. The summed E-state index contributed by atoms with van der Waals surface area (Å²) in [6.45, 7) is -1.11. The first-order valence-electron chi connectivity index (χ1n) is 6.99. The van der Waals surface area contributed by atoms with Gasteiger partial charge in [0.1, 0.15) is 5.82 Å². The molecule has 5 nitrogen and oxygen atoms in total. The number of aliphatic hydroxyl groups excluding tert-OH is 1. The van der Waals surface area contributed by atoms with Gasteiger partial charge in [-0.15, -0.1) is 0 Å². The van der Waals surface area contributed by atoms with E-state index >= 15 is 0 Å². The van der Waals surface area contributed by atoms with Gasteiger partial charge < -0.3 is 10.5 Å². The van der Waals surface area contributed by atoms with Gasteiger partial charge in [0, 0.05) is 19.5 Å². The standard InChI is InChI=1S/C12H13FN4.C2H3F3.CH2F2O/c1-8-12(9-3-5-10(13)6-4-9)15-7-11(16-8)17-14-2;1-2(3,4)5;2-1(3)4/h3-7,14H,1-2H3,(H,16,17);1H3;1,4H. The van der Waals surface area contributed by atoms with Crippen molar-refractivity contribution in [2.24, 2.45) is 0 Å². The Balaban J connectivity index is 0.000000582. The number of alkyl halides is 5. The van der Waals surface area contributed by atoms with Crippen molar-refractivity contribution < 1.29 is 31.4 Å². The van der Waals surface area contributed by atoms with Gasteiger partial charge in [0.25, 0.3) is 0 Å². The first-order chi connectivity index (χ1) is 11.9.